The zero-order chi connectivity index (χ0) is 11.5. The lowest BCUT2D eigenvalue weighted by Crippen LogP contribution is -2.03. The number of hydrogen-bond donors (Lipinski definition) is 0. The van der Waals surface area contributed by atoms with Crippen LogP contribution in [0.4, 0.5) is 4.39 Å². The molecule has 4 heteroatoms. The maximum absolute atomic E-state index is 13.3. The lowest BCUT2D eigenvalue weighted by Gasteiger charge is -2.00. The van der Waals surface area contributed by atoms with Crippen molar-refractivity contribution in [2.75, 3.05) is 0 Å². The summed E-state index contributed by atoms with van der Waals surface area (Å²) in [6.07, 6.45) is 0.107. The normalized spacial score (nSPS) is 10.4. The Bertz CT molecular complexity index is 521. The molecule has 1 aromatic carbocycles. The molecule has 0 amide bonds. The Balaban J connectivity index is 2.17. The SMILES string of the molecule is O=C(Cc1ccccc1F)c1csc(Br)c1. The summed E-state index contributed by atoms with van der Waals surface area (Å²) < 4.78 is 14.2. The third-order valence-electron chi connectivity index (χ3n) is 2.20. The van der Waals surface area contributed by atoms with Crippen LogP contribution in [-0.4, -0.2) is 5.78 Å². The van der Waals surface area contributed by atoms with E-state index >= 15 is 0 Å². The lowest BCUT2D eigenvalue weighted by atomic mass is 10.1. The second-order valence-corrected chi connectivity index (χ2v) is 5.62. The maximum atomic E-state index is 13.3. The van der Waals surface area contributed by atoms with Gasteiger partial charge in [-0.2, -0.15) is 0 Å². The van der Waals surface area contributed by atoms with Gasteiger partial charge in [-0.05, 0) is 33.6 Å². The molecule has 0 aliphatic carbocycles. The van der Waals surface area contributed by atoms with Gasteiger partial charge in [-0.15, -0.1) is 11.3 Å². The van der Waals surface area contributed by atoms with Gasteiger partial charge in [-0.25, -0.2) is 4.39 Å². The summed E-state index contributed by atoms with van der Waals surface area (Å²) >= 11 is 4.74. The Morgan fingerprint density at radius 1 is 1.38 bits per heavy atom. The third-order valence-corrected chi connectivity index (χ3v) is 3.70. The monoisotopic (exact) mass is 298 g/mol. The van der Waals surface area contributed by atoms with Crippen LogP contribution in [0.2, 0.25) is 0 Å². The first kappa shape index (κ1) is 11.5. The molecule has 0 aliphatic rings. The summed E-state index contributed by atoms with van der Waals surface area (Å²) in [5.74, 6) is -0.391. The van der Waals surface area contributed by atoms with Crippen molar-refractivity contribution < 1.29 is 9.18 Å². The number of ketones is 1. The second kappa shape index (κ2) is 4.89. The predicted octanol–water partition coefficient (Wildman–Crippen LogP) is 4.08. The van der Waals surface area contributed by atoms with Crippen molar-refractivity contribution in [3.05, 3.63) is 56.4 Å². The molecule has 2 aromatic rings. The van der Waals surface area contributed by atoms with Gasteiger partial charge in [-0.3, -0.25) is 4.79 Å². The van der Waals surface area contributed by atoms with Gasteiger partial charge in [0.25, 0.3) is 0 Å². The molecule has 1 nitrogen and oxygen atoms in total. The molecule has 0 bridgehead atoms. The van der Waals surface area contributed by atoms with E-state index in [1.807, 2.05) is 0 Å². The number of carbonyl (C=O) groups is 1. The lowest BCUT2D eigenvalue weighted by molar-refractivity contribution is 0.0992. The zero-order valence-electron chi connectivity index (χ0n) is 8.24. The van der Waals surface area contributed by atoms with E-state index in [1.165, 1.54) is 17.4 Å². The van der Waals surface area contributed by atoms with Gasteiger partial charge in [-0.1, -0.05) is 18.2 Å². The number of thiophene rings is 1. The predicted molar refractivity (Wildman–Crippen MR) is 66.5 cm³/mol. The second-order valence-electron chi connectivity index (χ2n) is 3.33. The molecule has 2 rings (SSSR count). The van der Waals surface area contributed by atoms with Gasteiger partial charge in [0.05, 0.1) is 3.79 Å². The first-order chi connectivity index (χ1) is 7.66. The quantitative estimate of drug-likeness (QED) is 0.781. The first-order valence-corrected chi connectivity index (χ1v) is 6.35. The topological polar surface area (TPSA) is 17.1 Å². The smallest absolute Gasteiger partial charge is 0.168 e. The fourth-order valence-corrected chi connectivity index (χ4v) is 2.53. The molecule has 0 spiro atoms. The molecule has 0 radical (unpaired) electrons. The molecule has 0 saturated heterocycles. The molecule has 0 saturated carbocycles. The van der Waals surface area contributed by atoms with Crippen LogP contribution in [0.3, 0.4) is 0 Å². The van der Waals surface area contributed by atoms with Crippen molar-refractivity contribution in [2.45, 2.75) is 6.42 Å². The van der Waals surface area contributed by atoms with E-state index < -0.39 is 0 Å². The number of hydrogen-bond acceptors (Lipinski definition) is 2. The Kier molecular flexibility index (Phi) is 3.51. The van der Waals surface area contributed by atoms with Crippen molar-refractivity contribution in [3.63, 3.8) is 0 Å². The van der Waals surface area contributed by atoms with E-state index in [2.05, 4.69) is 15.9 Å². The van der Waals surface area contributed by atoms with Gasteiger partial charge in [0.1, 0.15) is 5.82 Å². The maximum Gasteiger partial charge on any atom is 0.168 e. The highest BCUT2D eigenvalue weighted by Gasteiger charge is 2.11. The van der Waals surface area contributed by atoms with Crippen LogP contribution < -0.4 is 0 Å². The molecule has 0 fully saturated rings. The average molecular weight is 299 g/mol. The molecule has 1 heterocycles. The van der Waals surface area contributed by atoms with E-state index in [0.717, 1.165) is 3.79 Å². The Morgan fingerprint density at radius 3 is 2.75 bits per heavy atom. The summed E-state index contributed by atoms with van der Waals surface area (Å²) in [5, 5.41) is 1.77. The average Bonchev–Trinajstić information content (AvgIpc) is 2.68. The van der Waals surface area contributed by atoms with E-state index in [-0.39, 0.29) is 18.0 Å². The Morgan fingerprint density at radius 2 is 2.12 bits per heavy atom. The minimum atomic E-state index is -0.329. The Labute approximate surface area is 105 Å². The summed E-state index contributed by atoms with van der Waals surface area (Å²) in [7, 11) is 0. The fraction of sp³-hybridized carbons (Fsp3) is 0.0833. The van der Waals surface area contributed by atoms with Crippen molar-refractivity contribution in [3.8, 4) is 0 Å². The standard InChI is InChI=1S/C12H8BrFOS/c13-12-6-9(7-16-12)11(15)5-8-3-1-2-4-10(8)14/h1-4,6-7H,5H2. The fourth-order valence-electron chi connectivity index (χ4n) is 1.37. The Hall–Kier alpha value is -1.00. The molecule has 16 heavy (non-hydrogen) atoms. The summed E-state index contributed by atoms with van der Waals surface area (Å²) in [4.78, 5) is 11.8. The van der Waals surface area contributed by atoms with Crippen LogP contribution in [-0.2, 0) is 6.42 Å². The highest BCUT2D eigenvalue weighted by Crippen LogP contribution is 2.22. The van der Waals surface area contributed by atoms with Crippen molar-refractivity contribution in [1.82, 2.24) is 0 Å². The van der Waals surface area contributed by atoms with Crippen molar-refractivity contribution >= 4 is 33.0 Å². The highest BCUT2D eigenvalue weighted by atomic mass is 79.9. The molecular weight excluding hydrogens is 291 g/mol. The van der Waals surface area contributed by atoms with Crippen molar-refractivity contribution in [1.29, 1.82) is 0 Å². The number of Topliss-reactive ketones (excluding diaryl/α,β-unsaturated/α-hetero) is 1. The van der Waals surface area contributed by atoms with Gasteiger partial charge in [0.2, 0.25) is 0 Å². The third kappa shape index (κ3) is 2.57. The van der Waals surface area contributed by atoms with Gasteiger partial charge in [0.15, 0.2) is 5.78 Å². The number of carbonyl (C=O) groups excluding carboxylic acids is 1. The van der Waals surface area contributed by atoms with E-state index in [4.69, 9.17) is 0 Å². The molecule has 0 unspecified atom stereocenters. The van der Waals surface area contributed by atoms with Crippen LogP contribution in [0, 0.1) is 5.82 Å². The highest BCUT2D eigenvalue weighted by molar-refractivity contribution is 9.11. The van der Waals surface area contributed by atoms with E-state index in [0.29, 0.717) is 11.1 Å². The van der Waals surface area contributed by atoms with E-state index in [9.17, 15) is 9.18 Å². The molecule has 0 atom stereocenters. The van der Waals surface area contributed by atoms with Crippen LogP contribution >= 0.6 is 27.3 Å². The van der Waals surface area contributed by atoms with Crippen molar-refractivity contribution in [2.24, 2.45) is 0 Å². The summed E-state index contributed by atoms with van der Waals surface area (Å²) in [6, 6.07) is 8.11. The summed E-state index contributed by atoms with van der Waals surface area (Å²) in [5.41, 5.74) is 1.06. The van der Waals surface area contributed by atoms with Crippen LogP contribution in [0.25, 0.3) is 0 Å². The minimum Gasteiger partial charge on any atom is -0.294 e. The molecule has 0 aliphatic heterocycles. The molecule has 82 valence electrons. The van der Waals surface area contributed by atoms with Crippen LogP contribution in [0.5, 0.6) is 0 Å². The molecule has 0 N–H and O–H groups in total. The molecular formula is C12H8BrFOS. The van der Waals surface area contributed by atoms with Gasteiger partial charge in [0, 0.05) is 17.4 Å². The molecule has 1 aromatic heterocycles. The number of benzene rings is 1. The van der Waals surface area contributed by atoms with Gasteiger partial charge >= 0.3 is 0 Å². The van der Waals surface area contributed by atoms with Gasteiger partial charge < -0.3 is 0 Å². The van der Waals surface area contributed by atoms with Crippen LogP contribution in [0.15, 0.2) is 39.5 Å². The largest absolute Gasteiger partial charge is 0.294 e. The minimum absolute atomic E-state index is 0.0629. The zero-order valence-corrected chi connectivity index (χ0v) is 10.6. The summed E-state index contributed by atoms with van der Waals surface area (Å²) in [6.45, 7) is 0. The first-order valence-electron chi connectivity index (χ1n) is 4.67. The number of rotatable bonds is 3. The van der Waals surface area contributed by atoms with E-state index in [1.54, 1.807) is 29.6 Å². The number of halogens is 2. The van der Waals surface area contributed by atoms with Crippen LogP contribution in [0.1, 0.15) is 15.9 Å².